The number of hydrogen-bond acceptors (Lipinski definition) is 3. The molecule has 0 N–H and O–H groups in total. The standard InChI is InChI=1S/C14H12F3NO2/c1-9-5-6-18-13(7-9)20-10-3-4-11(14(15,16)17)12(8-10)19-2/h3-8H,1-2H3. The van der Waals surface area contributed by atoms with E-state index in [0.29, 0.717) is 5.88 Å². The molecular weight excluding hydrogens is 271 g/mol. The molecule has 0 atom stereocenters. The smallest absolute Gasteiger partial charge is 0.419 e. The third kappa shape index (κ3) is 3.20. The summed E-state index contributed by atoms with van der Waals surface area (Å²) >= 11 is 0. The Bertz CT molecular complexity index is 612. The fourth-order valence-electron chi connectivity index (χ4n) is 1.65. The van der Waals surface area contributed by atoms with Gasteiger partial charge >= 0.3 is 6.18 Å². The summed E-state index contributed by atoms with van der Waals surface area (Å²) in [6.07, 6.45) is -2.91. The molecule has 0 radical (unpaired) electrons. The third-order valence-corrected chi connectivity index (χ3v) is 2.59. The molecule has 1 heterocycles. The van der Waals surface area contributed by atoms with Crippen LogP contribution in [0.25, 0.3) is 0 Å². The molecule has 0 aliphatic heterocycles. The van der Waals surface area contributed by atoms with Crippen molar-refractivity contribution in [1.29, 1.82) is 0 Å². The van der Waals surface area contributed by atoms with Crippen LogP contribution in [0.4, 0.5) is 13.2 Å². The average molecular weight is 283 g/mol. The highest BCUT2D eigenvalue weighted by molar-refractivity contribution is 5.43. The monoisotopic (exact) mass is 283 g/mol. The Kier molecular flexibility index (Phi) is 3.83. The van der Waals surface area contributed by atoms with Crippen molar-refractivity contribution in [2.24, 2.45) is 0 Å². The summed E-state index contributed by atoms with van der Waals surface area (Å²) in [4.78, 5) is 3.98. The van der Waals surface area contributed by atoms with Crippen LogP contribution in [-0.2, 0) is 6.18 Å². The van der Waals surface area contributed by atoms with E-state index in [1.54, 1.807) is 18.3 Å². The predicted molar refractivity (Wildman–Crippen MR) is 67.0 cm³/mol. The molecule has 1 aromatic heterocycles. The van der Waals surface area contributed by atoms with Gasteiger partial charge < -0.3 is 9.47 Å². The number of pyridine rings is 1. The number of aromatic nitrogens is 1. The molecule has 106 valence electrons. The summed E-state index contributed by atoms with van der Waals surface area (Å²) < 4.78 is 48.3. The number of benzene rings is 1. The first-order chi connectivity index (χ1) is 9.40. The zero-order valence-electron chi connectivity index (χ0n) is 10.9. The lowest BCUT2D eigenvalue weighted by Crippen LogP contribution is -2.07. The SMILES string of the molecule is COc1cc(Oc2cc(C)ccn2)ccc1C(F)(F)F. The van der Waals surface area contributed by atoms with Crippen LogP contribution in [0.15, 0.2) is 36.5 Å². The zero-order valence-corrected chi connectivity index (χ0v) is 10.9. The lowest BCUT2D eigenvalue weighted by atomic mass is 10.2. The first-order valence-electron chi connectivity index (χ1n) is 5.76. The molecule has 6 heteroatoms. The highest BCUT2D eigenvalue weighted by atomic mass is 19.4. The Balaban J connectivity index is 2.30. The van der Waals surface area contributed by atoms with Crippen LogP contribution in [-0.4, -0.2) is 12.1 Å². The number of nitrogens with zero attached hydrogens (tertiary/aromatic N) is 1. The van der Waals surface area contributed by atoms with Crippen molar-refractivity contribution in [3.8, 4) is 17.4 Å². The molecule has 0 fully saturated rings. The first kappa shape index (κ1) is 14.2. The highest BCUT2D eigenvalue weighted by Crippen LogP contribution is 2.38. The van der Waals surface area contributed by atoms with Gasteiger partial charge in [-0.05, 0) is 30.7 Å². The third-order valence-electron chi connectivity index (χ3n) is 2.59. The van der Waals surface area contributed by atoms with Crippen molar-refractivity contribution in [3.05, 3.63) is 47.7 Å². The summed E-state index contributed by atoms with van der Waals surface area (Å²) in [7, 11) is 1.18. The van der Waals surface area contributed by atoms with Gasteiger partial charge in [-0.15, -0.1) is 0 Å². The second kappa shape index (κ2) is 5.40. The first-order valence-corrected chi connectivity index (χ1v) is 5.76. The fourth-order valence-corrected chi connectivity index (χ4v) is 1.65. The number of alkyl halides is 3. The Morgan fingerprint density at radius 3 is 2.45 bits per heavy atom. The fraction of sp³-hybridized carbons (Fsp3) is 0.214. The Labute approximate surface area is 114 Å². The molecule has 0 aliphatic carbocycles. The zero-order chi connectivity index (χ0) is 14.8. The molecule has 1 aromatic carbocycles. The number of aryl methyl sites for hydroxylation is 1. The van der Waals surface area contributed by atoms with E-state index >= 15 is 0 Å². The van der Waals surface area contributed by atoms with Crippen molar-refractivity contribution in [3.63, 3.8) is 0 Å². The van der Waals surface area contributed by atoms with E-state index in [9.17, 15) is 13.2 Å². The second-order valence-electron chi connectivity index (χ2n) is 4.13. The predicted octanol–water partition coefficient (Wildman–Crippen LogP) is 4.21. The van der Waals surface area contributed by atoms with Gasteiger partial charge in [-0.2, -0.15) is 13.2 Å². The number of halogens is 3. The Hall–Kier alpha value is -2.24. The summed E-state index contributed by atoms with van der Waals surface area (Å²) in [6, 6.07) is 6.82. The molecule has 0 spiro atoms. The molecule has 20 heavy (non-hydrogen) atoms. The molecule has 0 amide bonds. The van der Waals surface area contributed by atoms with Crippen LogP contribution in [0, 0.1) is 6.92 Å². The van der Waals surface area contributed by atoms with Crippen molar-refractivity contribution >= 4 is 0 Å². The van der Waals surface area contributed by atoms with Crippen molar-refractivity contribution in [2.75, 3.05) is 7.11 Å². The van der Waals surface area contributed by atoms with Gasteiger partial charge in [-0.3, -0.25) is 0 Å². The topological polar surface area (TPSA) is 31.4 Å². The molecule has 0 saturated carbocycles. The molecule has 3 nitrogen and oxygen atoms in total. The lowest BCUT2D eigenvalue weighted by Gasteiger charge is -2.13. The maximum Gasteiger partial charge on any atom is 0.419 e. The summed E-state index contributed by atoms with van der Waals surface area (Å²) in [6.45, 7) is 1.86. The Morgan fingerprint density at radius 2 is 1.85 bits per heavy atom. The van der Waals surface area contributed by atoms with Crippen molar-refractivity contribution in [1.82, 2.24) is 4.98 Å². The Morgan fingerprint density at radius 1 is 1.10 bits per heavy atom. The van der Waals surface area contributed by atoms with Gasteiger partial charge in [0.1, 0.15) is 11.5 Å². The number of hydrogen-bond donors (Lipinski definition) is 0. The summed E-state index contributed by atoms with van der Waals surface area (Å²) in [5.41, 5.74) is 0.0958. The van der Waals surface area contributed by atoms with Crippen LogP contribution < -0.4 is 9.47 Å². The van der Waals surface area contributed by atoms with E-state index in [-0.39, 0.29) is 11.5 Å². The normalized spacial score (nSPS) is 11.2. The van der Waals surface area contributed by atoms with E-state index in [2.05, 4.69) is 4.98 Å². The number of methoxy groups -OCH3 is 1. The average Bonchev–Trinajstić information content (AvgIpc) is 2.37. The minimum Gasteiger partial charge on any atom is -0.496 e. The molecule has 0 bridgehead atoms. The molecular formula is C14H12F3NO2. The quantitative estimate of drug-likeness (QED) is 0.845. The van der Waals surface area contributed by atoms with Crippen LogP contribution in [0.3, 0.4) is 0 Å². The van der Waals surface area contributed by atoms with Crippen molar-refractivity contribution in [2.45, 2.75) is 13.1 Å². The summed E-state index contributed by atoms with van der Waals surface area (Å²) in [5, 5.41) is 0. The van der Waals surface area contributed by atoms with Gasteiger partial charge in [0.2, 0.25) is 5.88 Å². The minimum absolute atomic E-state index is 0.230. The lowest BCUT2D eigenvalue weighted by molar-refractivity contribution is -0.138. The van der Waals surface area contributed by atoms with Gasteiger partial charge in [0, 0.05) is 18.3 Å². The van der Waals surface area contributed by atoms with Crippen molar-refractivity contribution < 1.29 is 22.6 Å². The molecule has 0 aliphatic rings. The van der Waals surface area contributed by atoms with Gasteiger partial charge in [-0.1, -0.05) is 0 Å². The van der Waals surface area contributed by atoms with E-state index in [4.69, 9.17) is 9.47 Å². The minimum atomic E-state index is -4.47. The number of ether oxygens (including phenoxy) is 2. The molecule has 0 saturated heterocycles. The van der Waals surface area contributed by atoms with Crippen LogP contribution in [0.1, 0.15) is 11.1 Å². The van der Waals surface area contributed by atoms with Gasteiger partial charge in [-0.25, -0.2) is 4.98 Å². The van der Waals surface area contributed by atoms with Crippen LogP contribution in [0.2, 0.25) is 0 Å². The van der Waals surface area contributed by atoms with E-state index in [0.717, 1.165) is 11.6 Å². The van der Waals surface area contributed by atoms with E-state index < -0.39 is 11.7 Å². The maximum atomic E-state index is 12.7. The van der Waals surface area contributed by atoms with E-state index in [1.807, 2.05) is 6.92 Å². The molecule has 2 aromatic rings. The maximum absolute atomic E-state index is 12.7. The van der Waals surface area contributed by atoms with Crippen LogP contribution >= 0.6 is 0 Å². The largest absolute Gasteiger partial charge is 0.496 e. The number of rotatable bonds is 3. The molecule has 0 unspecified atom stereocenters. The van der Waals surface area contributed by atoms with Gasteiger partial charge in [0.05, 0.1) is 12.7 Å². The van der Waals surface area contributed by atoms with Gasteiger partial charge in [0.25, 0.3) is 0 Å². The molecule has 2 rings (SSSR count). The van der Waals surface area contributed by atoms with Gasteiger partial charge in [0.15, 0.2) is 0 Å². The summed E-state index contributed by atoms with van der Waals surface area (Å²) in [5.74, 6) is 0.252. The van der Waals surface area contributed by atoms with E-state index in [1.165, 1.54) is 19.2 Å². The highest BCUT2D eigenvalue weighted by Gasteiger charge is 2.34. The second-order valence-corrected chi connectivity index (χ2v) is 4.13. The van der Waals surface area contributed by atoms with Crippen LogP contribution in [0.5, 0.6) is 17.4 Å².